The number of carbonyl (C=O) groups is 1. The zero-order valence-electron chi connectivity index (χ0n) is 13.2. The first-order chi connectivity index (χ1) is 9.88. The highest BCUT2D eigenvalue weighted by atomic mass is 16.5. The third-order valence-corrected chi connectivity index (χ3v) is 3.57. The van der Waals surface area contributed by atoms with Gasteiger partial charge in [0.2, 0.25) is 5.91 Å². The first-order valence-electron chi connectivity index (χ1n) is 7.05. The molecule has 0 unspecified atom stereocenters. The van der Waals surface area contributed by atoms with Gasteiger partial charge in [-0.1, -0.05) is 5.16 Å². The van der Waals surface area contributed by atoms with Crippen LogP contribution in [0.25, 0.3) is 0 Å². The molecule has 21 heavy (non-hydrogen) atoms. The lowest BCUT2D eigenvalue weighted by Gasteiger charge is -2.12. The Balaban J connectivity index is 2.03. The molecule has 0 aliphatic heterocycles. The van der Waals surface area contributed by atoms with E-state index < -0.39 is 0 Å². The van der Waals surface area contributed by atoms with Crippen LogP contribution in [0.3, 0.4) is 0 Å². The molecule has 0 spiro atoms. The van der Waals surface area contributed by atoms with Gasteiger partial charge in [-0.3, -0.25) is 9.78 Å². The van der Waals surface area contributed by atoms with Gasteiger partial charge >= 0.3 is 0 Å². The summed E-state index contributed by atoms with van der Waals surface area (Å²) in [5.41, 5.74) is 5.51. The standard InChI is InChI=1S/C16H21N3O2/c1-9-8-10(2)17-12(4)16(9)18-15(20)7-6-14-11(3)19-21-13(14)5/h8H,6-7H2,1-5H3,(H,18,20). The van der Waals surface area contributed by atoms with Crippen LogP contribution in [0.15, 0.2) is 10.6 Å². The predicted octanol–water partition coefficient (Wildman–Crippen LogP) is 3.18. The second-order valence-corrected chi connectivity index (χ2v) is 5.39. The summed E-state index contributed by atoms with van der Waals surface area (Å²) in [4.78, 5) is 16.5. The molecule has 0 aliphatic carbocycles. The van der Waals surface area contributed by atoms with E-state index in [9.17, 15) is 4.79 Å². The normalized spacial score (nSPS) is 10.7. The third kappa shape index (κ3) is 3.48. The van der Waals surface area contributed by atoms with Crippen LogP contribution in [-0.4, -0.2) is 16.0 Å². The van der Waals surface area contributed by atoms with Crippen LogP contribution in [0.5, 0.6) is 0 Å². The maximum Gasteiger partial charge on any atom is 0.224 e. The van der Waals surface area contributed by atoms with Crippen molar-refractivity contribution in [3.05, 3.63) is 40.0 Å². The van der Waals surface area contributed by atoms with Gasteiger partial charge in [0.25, 0.3) is 0 Å². The quantitative estimate of drug-likeness (QED) is 0.937. The Kier molecular flexibility index (Phi) is 4.40. The van der Waals surface area contributed by atoms with Gasteiger partial charge < -0.3 is 9.84 Å². The zero-order valence-corrected chi connectivity index (χ0v) is 13.2. The van der Waals surface area contributed by atoms with Crippen LogP contribution in [0.1, 0.15) is 40.4 Å². The minimum atomic E-state index is -0.0214. The van der Waals surface area contributed by atoms with Crippen LogP contribution in [0.2, 0.25) is 0 Å². The van der Waals surface area contributed by atoms with Gasteiger partial charge in [-0.15, -0.1) is 0 Å². The van der Waals surface area contributed by atoms with Crippen molar-refractivity contribution in [2.24, 2.45) is 0 Å². The summed E-state index contributed by atoms with van der Waals surface area (Å²) in [5, 5.41) is 6.85. The first kappa shape index (κ1) is 15.2. The summed E-state index contributed by atoms with van der Waals surface area (Å²) in [6.07, 6.45) is 1.03. The molecule has 0 bridgehead atoms. The average Bonchev–Trinajstić information content (AvgIpc) is 2.71. The van der Waals surface area contributed by atoms with E-state index in [0.29, 0.717) is 12.8 Å². The smallest absolute Gasteiger partial charge is 0.224 e. The Bertz CT molecular complexity index is 632. The van der Waals surface area contributed by atoms with Gasteiger partial charge in [-0.25, -0.2) is 0 Å². The number of amides is 1. The van der Waals surface area contributed by atoms with E-state index in [4.69, 9.17) is 4.52 Å². The van der Waals surface area contributed by atoms with Gasteiger partial charge in [0.05, 0.1) is 17.1 Å². The first-order valence-corrected chi connectivity index (χ1v) is 7.05. The highest BCUT2D eigenvalue weighted by Gasteiger charge is 2.13. The highest BCUT2D eigenvalue weighted by Crippen LogP contribution is 2.20. The Hall–Kier alpha value is -2.17. The van der Waals surface area contributed by atoms with Crippen LogP contribution >= 0.6 is 0 Å². The Morgan fingerprint density at radius 1 is 1.19 bits per heavy atom. The minimum absolute atomic E-state index is 0.0214. The summed E-state index contributed by atoms with van der Waals surface area (Å²) in [7, 11) is 0. The summed E-state index contributed by atoms with van der Waals surface area (Å²) >= 11 is 0. The molecule has 0 atom stereocenters. The molecule has 0 radical (unpaired) electrons. The molecule has 0 saturated carbocycles. The van der Waals surface area contributed by atoms with Crippen molar-refractivity contribution in [3.63, 3.8) is 0 Å². The SMILES string of the molecule is Cc1cc(C)c(NC(=O)CCc2c(C)noc2C)c(C)n1. The third-order valence-electron chi connectivity index (χ3n) is 3.57. The lowest BCUT2D eigenvalue weighted by atomic mass is 10.1. The molecule has 2 rings (SSSR count). The predicted molar refractivity (Wildman–Crippen MR) is 81.4 cm³/mol. The number of hydrogen-bond acceptors (Lipinski definition) is 4. The number of pyridine rings is 1. The number of hydrogen-bond donors (Lipinski definition) is 1. The van der Waals surface area contributed by atoms with Gasteiger partial charge in [0.1, 0.15) is 5.76 Å². The topological polar surface area (TPSA) is 68.0 Å². The molecule has 0 aromatic carbocycles. The maximum atomic E-state index is 12.1. The van der Waals surface area contributed by atoms with Gasteiger partial charge in [0, 0.05) is 17.7 Å². The van der Waals surface area contributed by atoms with Crippen LogP contribution < -0.4 is 5.32 Å². The van der Waals surface area contributed by atoms with Crippen molar-refractivity contribution in [3.8, 4) is 0 Å². The Labute approximate surface area is 124 Å². The molecule has 1 N–H and O–H groups in total. The molecule has 2 heterocycles. The second-order valence-electron chi connectivity index (χ2n) is 5.39. The summed E-state index contributed by atoms with van der Waals surface area (Å²) in [6, 6.07) is 1.97. The highest BCUT2D eigenvalue weighted by molar-refractivity contribution is 5.92. The van der Waals surface area contributed by atoms with E-state index in [1.165, 1.54) is 0 Å². The Morgan fingerprint density at radius 2 is 1.90 bits per heavy atom. The summed E-state index contributed by atoms with van der Waals surface area (Å²) < 4.78 is 5.11. The van der Waals surface area contributed by atoms with E-state index in [-0.39, 0.29) is 5.91 Å². The summed E-state index contributed by atoms with van der Waals surface area (Å²) in [5.74, 6) is 0.761. The number of aromatic nitrogens is 2. The molecule has 0 saturated heterocycles. The van der Waals surface area contributed by atoms with Crippen LogP contribution in [0.4, 0.5) is 5.69 Å². The molecule has 5 heteroatoms. The summed E-state index contributed by atoms with van der Waals surface area (Å²) in [6.45, 7) is 9.59. The van der Waals surface area contributed by atoms with Crippen LogP contribution in [0, 0.1) is 34.6 Å². The van der Waals surface area contributed by atoms with E-state index in [1.54, 1.807) is 0 Å². The lowest BCUT2D eigenvalue weighted by molar-refractivity contribution is -0.116. The molecule has 0 aliphatic rings. The number of anilines is 1. The van der Waals surface area contributed by atoms with Crippen molar-refractivity contribution >= 4 is 11.6 Å². The molecule has 2 aromatic rings. The Morgan fingerprint density at radius 3 is 2.48 bits per heavy atom. The number of aryl methyl sites for hydroxylation is 5. The molecule has 5 nitrogen and oxygen atoms in total. The average molecular weight is 287 g/mol. The molecule has 0 fully saturated rings. The number of nitrogens with one attached hydrogen (secondary N) is 1. The second kappa shape index (κ2) is 6.08. The molecule has 2 aromatic heterocycles. The molecular weight excluding hydrogens is 266 g/mol. The van der Waals surface area contributed by atoms with Crippen molar-refractivity contribution < 1.29 is 9.32 Å². The minimum Gasteiger partial charge on any atom is -0.361 e. The van der Waals surface area contributed by atoms with Crippen LogP contribution in [-0.2, 0) is 11.2 Å². The van der Waals surface area contributed by atoms with Gasteiger partial charge in [-0.05, 0) is 52.7 Å². The van der Waals surface area contributed by atoms with E-state index in [2.05, 4.69) is 15.5 Å². The van der Waals surface area contributed by atoms with Crippen molar-refractivity contribution in [2.45, 2.75) is 47.5 Å². The van der Waals surface area contributed by atoms with E-state index >= 15 is 0 Å². The van der Waals surface area contributed by atoms with E-state index in [0.717, 1.165) is 39.7 Å². The fourth-order valence-electron chi connectivity index (χ4n) is 2.51. The molecule has 1 amide bonds. The van der Waals surface area contributed by atoms with Crippen molar-refractivity contribution in [1.82, 2.24) is 10.1 Å². The molecular formula is C16H21N3O2. The zero-order chi connectivity index (χ0) is 15.6. The fourth-order valence-corrected chi connectivity index (χ4v) is 2.51. The van der Waals surface area contributed by atoms with Crippen molar-refractivity contribution in [1.29, 1.82) is 0 Å². The number of nitrogens with zero attached hydrogens (tertiary/aromatic N) is 2. The lowest BCUT2D eigenvalue weighted by Crippen LogP contribution is -2.15. The van der Waals surface area contributed by atoms with E-state index in [1.807, 2.05) is 40.7 Å². The molecule has 112 valence electrons. The van der Waals surface area contributed by atoms with Gasteiger partial charge in [0.15, 0.2) is 0 Å². The monoisotopic (exact) mass is 287 g/mol. The van der Waals surface area contributed by atoms with Gasteiger partial charge in [-0.2, -0.15) is 0 Å². The number of rotatable bonds is 4. The fraction of sp³-hybridized carbons (Fsp3) is 0.438. The maximum absolute atomic E-state index is 12.1. The van der Waals surface area contributed by atoms with Crippen molar-refractivity contribution in [2.75, 3.05) is 5.32 Å². The largest absolute Gasteiger partial charge is 0.361 e. The number of carbonyl (C=O) groups excluding carboxylic acids is 1.